The fourth-order valence-electron chi connectivity index (χ4n) is 3.54. The number of nitrogens with one attached hydrogen (secondary N) is 1. The van der Waals surface area contributed by atoms with Crippen molar-refractivity contribution >= 4 is 0 Å². The van der Waals surface area contributed by atoms with Gasteiger partial charge in [0.1, 0.15) is 0 Å². The van der Waals surface area contributed by atoms with Gasteiger partial charge in [0.15, 0.2) is 0 Å². The van der Waals surface area contributed by atoms with Crippen molar-refractivity contribution < 1.29 is 9.84 Å². The monoisotopic (exact) mass is 269 g/mol. The Kier molecular flexibility index (Phi) is 5.67. The van der Waals surface area contributed by atoms with Crippen molar-refractivity contribution in [2.45, 2.75) is 82.9 Å². The van der Waals surface area contributed by atoms with Crippen LogP contribution in [0.15, 0.2) is 0 Å². The van der Waals surface area contributed by atoms with Crippen LogP contribution in [0.3, 0.4) is 0 Å². The minimum absolute atomic E-state index is 0.00147. The predicted molar refractivity (Wildman–Crippen MR) is 78.3 cm³/mol. The van der Waals surface area contributed by atoms with Crippen LogP contribution >= 0.6 is 0 Å². The Morgan fingerprint density at radius 1 is 1.37 bits per heavy atom. The Balaban J connectivity index is 1.77. The first-order chi connectivity index (χ1) is 9.20. The molecule has 2 aliphatic rings. The van der Waals surface area contributed by atoms with Gasteiger partial charge in [0.2, 0.25) is 0 Å². The molecule has 0 heterocycles. The summed E-state index contributed by atoms with van der Waals surface area (Å²) in [6.45, 7) is 5.51. The smallest absolute Gasteiger partial charge is 0.0616 e. The predicted octanol–water partition coefficient (Wildman–Crippen LogP) is 2.86. The molecule has 3 nitrogen and oxygen atoms in total. The Labute approximate surface area is 118 Å². The largest absolute Gasteiger partial charge is 0.394 e. The van der Waals surface area contributed by atoms with Crippen molar-refractivity contribution in [1.82, 2.24) is 5.32 Å². The van der Waals surface area contributed by atoms with Gasteiger partial charge in [-0.1, -0.05) is 19.8 Å². The van der Waals surface area contributed by atoms with Gasteiger partial charge in [0.25, 0.3) is 0 Å². The molecule has 2 rings (SSSR count). The second-order valence-corrected chi connectivity index (χ2v) is 6.58. The van der Waals surface area contributed by atoms with Crippen LogP contribution in [0.25, 0.3) is 0 Å². The lowest BCUT2D eigenvalue weighted by molar-refractivity contribution is 0.0354. The van der Waals surface area contributed by atoms with Crippen LogP contribution < -0.4 is 5.32 Å². The van der Waals surface area contributed by atoms with E-state index in [1.165, 1.54) is 32.1 Å². The molecule has 0 bridgehead atoms. The number of aliphatic hydroxyl groups is 1. The van der Waals surface area contributed by atoms with E-state index < -0.39 is 0 Å². The van der Waals surface area contributed by atoms with E-state index in [0.717, 1.165) is 25.9 Å². The van der Waals surface area contributed by atoms with E-state index in [0.29, 0.717) is 24.7 Å². The Bertz CT molecular complexity index is 267. The lowest BCUT2D eigenvalue weighted by atomic mass is 9.85. The van der Waals surface area contributed by atoms with Gasteiger partial charge in [-0.05, 0) is 51.4 Å². The maximum absolute atomic E-state index is 9.85. The van der Waals surface area contributed by atoms with Gasteiger partial charge in [-0.15, -0.1) is 0 Å². The lowest BCUT2D eigenvalue weighted by Crippen LogP contribution is -2.52. The second kappa shape index (κ2) is 7.05. The van der Waals surface area contributed by atoms with Crippen LogP contribution in [0, 0.1) is 5.92 Å². The first-order valence-corrected chi connectivity index (χ1v) is 8.20. The minimum Gasteiger partial charge on any atom is -0.394 e. The summed E-state index contributed by atoms with van der Waals surface area (Å²) in [5, 5.41) is 13.6. The van der Waals surface area contributed by atoms with Crippen molar-refractivity contribution in [2.24, 2.45) is 5.92 Å². The molecule has 0 aromatic rings. The van der Waals surface area contributed by atoms with Gasteiger partial charge >= 0.3 is 0 Å². The summed E-state index contributed by atoms with van der Waals surface area (Å²) >= 11 is 0. The molecule has 0 aromatic heterocycles. The highest BCUT2D eigenvalue weighted by atomic mass is 16.5. The summed E-state index contributed by atoms with van der Waals surface area (Å²) in [6.07, 6.45) is 10.0. The van der Waals surface area contributed by atoms with Crippen LogP contribution in [0.2, 0.25) is 0 Å². The Morgan fingerprint density at radius 3 is 2.79 bits per heavy atom. The van der Waals surface area contributed by atoms with E-state index in [9.17, 15) is 5.11 Å². The summed E-state index contributed by atoms with van der Waals surface area (Å²) in [5.74, 6) is 0.590. The summed E-state index contributed by atoms with van der Waals surface area (Å²) in [5.41, 5.74) is -0.00147. The third-order valence-corrected chi connectivity index (χ3v) is 4.87. The zero-order valence-electron chi connectivity index (χ0n) is 12.7. The molecular formula is C16H31NO2. The number of rotatable bonds is 9. The van der Waals surface area contributed by atoms with Gasteiger partial charge in [-0.3, -0.25) is 0 Å². The van der Waals surface area contributed by atoms with E-state index in [2.05, 4.69) is 19.2 Å². The van der Waals surface area contributed by atoms with Crippen LogP contribution in [0.1, 0.15) is 65.2 Å². The van der Waals surface area contributed by atoms with Gasteiger partial charge in [0.05, 0.1) is 12.7 Å². The molecule has 3 atom stereocenters. The average molecular weight is 269 g/mol. The van der Waals surface area contributed by atoms with E-state index in [4.69, 9.17) is 4.74 Å². The van der Waals surface area contributed by atoms with Crippen LogP contribution in [-0.4, -0.2) is 36.0 Å². The zero-order chi connectivity index (χ0) is 13.7. The van der Waals surface area contributed by atoms with Crippen LogP contribution in [-0.2, 0) is 4.74 Å². The van der Waals surface area contributed by atoms with Crippen LogP contribution in [0.5, 0.6) is 0 Å². The SMILES string of the molecule is CCCC(C)OCCC1CCCC1(CO)NC1CC1. The molecule has 3 unspecified atom stereocenters. The molecule has 2 fully saturated rings. The van der Waals surface area contributed by atoms with Crippen molar-refractivity contribution in [3.05, 3.63) is 0 Å². The third-order valence-electron chi connectivity index (χ3n) is 4.87. The molecule has 0 spiro atoms. The minimum atomic E-state index is -0.00147. The van der Waals surface area contributed by atoms with E-state index in [-0.39, 0.29) is 5.54 Å². The molecule has 0 amide bonds. The third kappa shape index (κ3) is 4.17. The molecule has 0 radical (unpaired) electrons. The van der Waals surface area contributed by atoms with E-state index >= 15 is 0 Å². The Hall–Kier alpha value is -0.120. The maximum atomic E-state index is 9.85. The van der Waals surface area contributed by atoms with E-state index in [1.54, 1.807) is 0 Å². The molecule has 3 heteroatoms. The summed E-state index contributed by atoms with van der Waals surface area (Å²) in [6, 6.07) is 0.674. The average Bonchev–Trinajstić information content (AvgIpc) is 3.11. The molecule has 0 saturated heterocycles. The summed E-state index contributed by atoms with van der Waals surface area (Å²) in [4.78, 5) is 0. The van der Waals surface area contributed by atoms with Gasteiger partial charge in [-0.2, -0.15) is 0 Å². The summed E-state index contributed by atoms with van der Waals surface area (Å²) in [7, 11) is 0. The van der Waals surface area contributed by atoms with Crippen molar-refractivity contribution in [2.75, 3.05) is 13.2 Å². The highest BCUT2D eigenvalue weighted by molar-refractivity contribution is 5.02. The van der Waals surface area contributed by atoms with E-state index in [1.807, 2.05) is 0 Å². The quantitative estimate of drug-likeness (QED) is 0.676. The lowest BCUT2D eigenvalue weighted by Gasteiger charge is -2.35. The second-order valence-electron chi connectivity index (χ2n) is 6.58. The molecule has 2 aliphatic carbocycles. The van der Waals surface area contributed by atoms with Gasteiger partial charge < -0.3 is 15.2 Å². The number of hydrogen-bond donors (Lipinski definition) is 2. The molecule has 112 valence electrons. The molecule has 19 heavy (non-hydrogen) atoms. The molecule has 0 aliphatic heterocycles. The first kappa shape index (κ1) is 15.3. The highest BCUT2D eigenvalue weighted by Gasteiger charge is 2.44. The fourth-order valence-corrected chi connectivity index (χ4v) is 3.54. The van der Waals surface area contributed by atoms with Crippen molar-refractivity contribution in [1.29, 1.82) is 0 Å². The number of hydrogen-bond acceptors (Lipinski definition) is 3. The highest BCUT2D eigenvalue weighted by Crippen LogP contribution is 2.40. The van der Waals surface area contributed by atoms with Gasteiger partial charge in [-0.25, -0.2) is 0 Å². The topological polar surface area (TPSA) is 41.5 Å². The standard InChI is InChI=1S/C16H31NO2/c1-3-5-13(2)19-11-9-14-6-4-10-16(14,12-18)17-15-7-8-15/h13-15,17-18H,3-12H2,1-2H3. The maximum Gasteiger partial charge on any atom is 0.0616 e. The zero-order valence-corrected chi connectivity index (χ0v) is 12.7. The van der Waals surface area contributed by atoms with Crippen LogP contribution in [0.4, 0.5) is 0 Å². The first-order valence-electron chi connectivity index (χ1n) is 8.20. The normalized spacial score (nSPS) is 32.7. The summed E-state index contributed by atoms with van der Waals surface area (Å²) < 4.78 is 5.89. The Morgan fingerprint density at radius 2 is 2.16 bits per heavy atom. The molecule has 2 saturated carbocycles. The molecule has 0 aromatic carbocycles. The molecular weight excluding hydrogens is 238 g/mol. The molecule has 2 N–H and O–H groups in total. The van der Waals surface area contributed by atoms with Crippen molar-refractivity contribution in [3.63, 3.8) is 0 Å². The number of ether oxygens (including phenoxy) is 1. The van der Waals surface area contributed by atoms with Gasteiger partial charge in [0, 0.05) is 18.2 Å². The number of aliphatic hydroxyl groups excluding tert-OH is 1. The van der Waals surface area contributed by atoms with Crippen molar-refractivity contribution in [3.8, 4) is 0 Å². The fraction of sp³-hybridized carbons (Fsp3) is 1.00.